The number of carbonyl (C=O) groups is 1. The van der Waals surface area contributed by atoms with E-state index in [4.69, 9.17) is 17.3 Å². The molecule has 0 spiro atoms. The van der Waals surface area contributed by atoms with Gasteiger partial charge in [0, 0.05) is 0 Å². The average molecular weight is 376 g/mol. The van der Waals surface area contributed by atoms with Crippen molar-refractivity contribution in [2.45, 2.75) is 49.3 Å². The topological polar surface area (TPSA) is 35.5 Å². The molecule has 0 saturated heterocycles. The van der Waals surface area contributed by atoms with Gasteiger partial charge in [-0.25, -0.2) is 0 Å². The summed E-state index contributed by atoms with van der Waals surface area (Å²) in [5, 5.41) is 0. The Morgan fingerprint density at radius 3 is 2.79 bits per heavy atom. The van der Waals surface area contributed by atoms with Gasteiger partial charge in [-0.1, -0.05) is 42.9 Å². The summed E-state index contributed by atoms with van der Waals surface area (Å²) >= 11 is 1.92. The van der Waals surface area contributed by atoms with Crippen LogP contribution in [0.5, 0.6) is 0 Å². The Balaban J connectivity index is 1.69. The minimum absolute atomic E-state index is 0.0216. The van der Waals surface area contributed by atoms with Gasteiger partial charge in [0.25, 0.3) is 0 Å². The first-order chi connectivity index (χ1) is 8.87. The third-order valence-corrected chi connectivity index (χ3v) is 6.04. The molecule has 0 amide bonds. The van der Waals surface area contributed by atoms with E-state index in [2.05, 4.69) is 6.92 Å². The fourth-order valence-electron chi connectivity index (χ4n) is 3.53. The number of hydrogen-bond acceptors (Lipinski definition) is 3. The van der Waals surface area contributed by atoms with Crippen molar-refractivity contribution < 1.29 is 14.3 Å². The first-order valence-electron chi connectivity index (χ1n) is 7.10. The van der Waals surface area contributed by atoms with Crippen molar-refractivity contribution in [2.24, 2.45) is 17.3 Å². The molecule has 2 aliphatic rings. The number of carbonyl (C=O) groups excluding carboxylic acids is 1. The molecule has 2 radical (unpaired) electrons. The van der Waals surface area contributed by atoms with Gasteiger partial charge < -0.3 is 9.47 Å². The fourth-order valence-corrected chi connectivity index (χ4v) is 3.69. The van der Waals surface area contributed by atoms with Crippen LogP contribution in [-0.4, -0.2) is 30.5 Å². The summed E-state index contributed by atoms with van der Waals surface area (Å²) in [6, 6.07) is 0. The van der Waals surface area contributed by atoms with Crippen LogP contribution in [0.3, 0.4) is 0 Å². The third-order valence-electron chi connectivity index (χ3n) is 4.84. The van der Waals surface area contributed by atoms with E-state index >= 15 is 0 Å². The zero-order valence-corrected chi connectivity index (χ0v) is 13.9. The normalized spacial score (nSPS) is 36.2. The summed E-state index contributed by atoms with van der Waals surface area (Å²) in [7, 11) is 5.80. The maximum absolute atomic E-state index is 11.7. The highest BCUT2D eigenvalue weighted by molar-refractivity contribution is 14.1. The Morgan fingerprint density at radius 2 is 2.26 bits per heavy atom. The number of halogens is 1. The molecular weight excluding hydrogens is 354 g/mol. The average Bonchev–Trinajstić information content (AvgIpc) is 2.94. The van der Waals surface area contributed by atoms with Crippen LogP contribution < -0.4 is 0 Å². The number of alkyl halides is 1. The number of hydrogen-bond donors (Lipinski definition) is 0. The lowest BCUT2D eigenvalue weighted by Gasteiger charge is -2.33. The molecule has 0 aromatic heterocycles. The molecule has 2 fully saturated rings. The van der Waals surface area contributed by atoms with E-state index in [1.54, 1.807) is 0 Å². The van der Waals surface area contributed by atoms with Crippen molar-refractivity contribution >= 4 is 36.4 Å². The molecule has 0 heterocycles. The maximum atomic E-state index is 11.7. The lowest BCUT2D eigenvalue weighted by Crippen LogP contribution is -2.35. The van der Waals surface area contributed by atoms with Crippen molar-refractivity contribution in [2.75, 3.05) is 13.4 Å². The quantitative estimate of drug-likeness (QED) is 0.179. The Bertz CT molecular complexity index is 348. The zero-order chi connectivity index (χ0) is 14.1. The highest BCUT2D eigenvalue weighted by Gasteiger charge is 2.47. The van der Waals surface area contributed by atoms with Gasteiger partial charge in [0.2, 0.25) is 0 Å². The first kappa shape index (κ1) is 15.6. The number of fused-ring (bicyclic) bond motifs is 2. The number of ether oxygens (including phenoxy) is 2. The Labute approximate surface area is 130 Å². The van der Waals surface area contributed by atoms with E-state index in [0.29, 0.717) is 13.0 Å². The van der Waals surface area contributed by atoms with E-state index < -0.39 is 9.29 Å². The second kappa shape index (κ2) is 5.92. The van der Waals surface area contributed by atoms with Gasteiger partial charge in [-0.15, -0.1) is 0 Å². The molecule has 5 heteroatoms. The van der Waals surface area contributed by atoms with Crippen LogP contribution >= 0.6 is 22.6 Å². The van der Waals surface area contributed by atoms with E-state index in [1.165, 1.54) is 25.7 Å². The van der Waals surface area contributed by atoms with Crippen LogP contribution in [0.1, 0.15) is 46.0 Å². The molecule has 106 valence electrons. The smallest absolute Gasteiger partial charge is 0.314 e. The van der Waals surface area contributed by atoms with Gasteiger partial charge in [-0.2, -0.15) is 0 Å². The summed E-state index contributed by atoms with van der Waals surface area (Å²) < 4.78 is 9.74. The minimum Gasteiger partial charge on any atom is -0.438 e. The highest BCUT2D eigenvalue weighted by Crippen LogP contribution is 2.55. The second-order valence-corrected chi connectivity index (χ2v) is 8.27. The minimum atomic E-state index is -0.933. The summed E-state index contributed by atoms with van der Waals surface area (Å²) in [4.78, 5) is 11.7. The molecular formula is C14H22BIO3. The largest absolute Gasteiger partial charge is 0.438 e. The Hall–Kier alpha value is 0.225. The van der Waals surface area contributed by atoms with Crippen LogP contribution in [-0.2, 0) is 14.3 Å². The molecule has 3 nitrogen and oxygen atoms in total. The molecule has 0 aliphatic heterocycles. The molecule has 0 aromatic rings. The van der Waals surface area contributed by atoms with Gasteiger partial charge in [0.05, 0.1) is 9.93 Å². The fraction of sp³-hybridized carbons (Fsp3) is 0.929. The predicted molar refractivity (Wildman–Crippen MR) is 83.3 cm³/mol. The van der Waals surface area contributed by atoms with Crippen LogP contribution in [0.15, 0.2) is 0 Å². The second-order valence-electron chi connectivity index (χ2n) is 6.35. The summed E-state index contributed by atoms with van der Waals surface area (Å²) in [6.07, 6.45) is 5.88. The SMILES string of the molecule is [B]C(I)(CC)C(=O)OCOCC1(C)CC2CCC1C2. The molecule has 2 bridgehead atoms. The molecule has 0 N–H and O–H groups in total. The van der Waals surface area contributed by atoms with Crippen molar-refractivity contribution in [1.29, 1.82) is 0 Å². The number of rotatable bonds is 6. The molecule has 2 rings (SSSR count). The Kier molecular flexibility index (Phi) is 4.86. The maximum Gasteiger partial charge on any atom is 0.314 e. The third kappa shape index (κ3) is 3.46. The molecule has 4 unspecified atom stereocenters. The molecule has 2 saturated carbocycles. The molecule has 19 heavy (non-hydrogen) atoms. The molecule has 4 atom stereocenters. The summed E-state index contributed by atoms with van der Waals surface area (Å²) in [5.41, 5.74) is 0.282. The summed E-state index contributed by atoms with van der Waals surface area (Å²) in [6.45, 7) is 4.88. The molecule has 2 aliphatic carbocycles. The monoisotopic (exact) mass is 376 g/mol. The van der Waals surface area contributed by atoms with Crippen molar-refractivity contribution in [1.82, 2.24) is 0 Å². The van der Waals surface area contributed by atoms with E-state index in [-0.39, 0.29) is 12.2 Å². The van der Waals surface area contributed by atoms with Gasteiger partial charge in [-0.3, -0.25) is 4.79 Å². The van der Waals surface area contributed by atoms with Gasteiger partial charge in [-0.05, 0) is 42.9 Å². The zero-order valence-electron chi connectivity index (χ0n) is 11.8. The van der Waals surface area contributed by atoms with Crippen LogP contribution in [0.25, 0.3) is 0 Å². The predicted octanol–water partition coefficient (Wildman–Crippen LogP) is 3.04. The van der Waals surface area contributed by atoms with Crippen LogP contribution in [0, 0.1) is 17.3 Å². The van der Waals surface area contributed by atoms with E-state index in [1.807, 2.05) is 29.5 Å². The van der Waals surface area contributed by atoms with Crippen molar-refractivity contribution in [3.63, 3.8) is 0 Å². The van der Waals surface area contributed by atoms with Crippen LogP contribution in [0.2, 0.25) is 0 Å². The lowest BCUT2D eigenvalue weighted by molar-refractivity contribution is -0.160. The Morgan fingerprint density at radius 1 is 1.53 bits per heavy atom. The van der Waals surface area contributed by atoms with E-state index in [9.17, 15) is 4.79 Å². The van der Waals surface area contributed by atoms with E-state index in [0.717, 1.165) is 11.8 Å². The summed E-state index contributed by atoms with van der Waals surface area (Å²) in [5.74, 6) is 1.29. The number of esters is 1. The standard InChI is InChI=1S/C14H22BIO3/c1-3-14(15,16)12(17)19-9-18-8-13(2)7-10-4-5-11(13)6-10/h10-11H,3-9H2,1-2H3. The molecule has 0 aromatic carbocycles. The van der Waals surface area contributed by atoms with Crippen LogP contribution in [0.4, 0.5) is 0 Å². The van der Waals surface area contributed by atoms with Gasteiger partial charge in [0.15, 0.2) is 6.79 Å². The highest BCUT2D eigenvalue weighted by atomic mass is 127. The van der Waals surface area contributed by atoms with Gasteiger partial charge in [0.1, 0.15) is 7.85 Å². The van der Waals surface area contributed by atoms with Crippen molar-refractivity contribution in [3.8, 4) is 0 Å². The lowest BCUT2D eigenvalue weighted by atomic mass is 9.75. The first-order valence-corrected chi connectivity index (χ1v) is 8.18. The van der Waals surface area contributed by atoms with Gasteiger partial charge >= 0.3 is 5.97 Å². The van der Waals surface area contributed by atoms with Crippen molar-refractivity contribution in [3.05, 3.63) is 0 Å².